The molecule has 0 aliphatic carbocycles. The van der Waals surface area contributed by atoms with Crippen molar-refractivity contribution in [3.05, 3.63) is 169 Å². The van der Waals surface area contributed by atoms with E-state index in [2.05, 4.69) is 156 Å². The van der Waals surface area contributed by atoms with Crippen LogP contribution < -0.4 is 0 Å². The third-order valence-electron chi connectivity index (χ3n) is 10.8. The molecule has 2 aromatic heterocycles. The first-order valence-electron chi connectivity index (χ1n) is 17.3. The largest absolute Gasteiger partial charge is 0.294 e. The molecule has 11 rings (SSSR count). The Kier molecular flexibility index (Phi) is 5.73. The molecule has 9 aromatic carbocycles. The molecule has 0 bridgehead atoms. The standard InChI is InChI=1S/C48H27N3/c49-28-31-20-25-42-47-33(31)22-23-40-39(24-26-43(48(40)47)51(42)44-27-21-30-11-2-8-19-41(30)50-44)46-37-16-6-4-14-35(37)45(36-15-5-7-17-38(36)46)34-18-9-12-29-10-1-3-13-32(29)34/h1-27H. The highest BCUT2D eigenvalue weighted by Gasteiger charge is 2.24. The maximum Gasteiger partial charge on any atom is 0.138 e. The van der Waals surface area contributed by atoms with Crippen LogP contribution in [0.3, 0.4) is 0 Å². The summed E-state index contributed by atoms with van der Waals surface area (Å²) in [5.74, 6) is 0.861. The molecule has 0 aliphatic rings. The van der Waals surface area contributed by atoms with Crippen molar-refractivity contribution in [1.82, 2.24) is 9.55 Å². The van der Waals surface area contributed by atoms with Gasteiger partial charge >= 0.3 is 0 Å². The van der Waals surface area contributed by atoms with Gasteiger partial charge in [0.2, 0.25) is 0 Å². The summed E-state index contributed by atoms with van der Waals surface area (Å²) < 4.78 is 2.27. The number of para-hydroxylation sites is 1. The number of nitriles is 1. The van der Waals surface area contributed by atoms with E-state index >= 15 is 0 Å². The van der Waals surface area contributed by atoms with Gasteiger partial charge in [-0.15, -0.1) is 0 Å². The number of aromatic nitrogens is 2. The second-order valence-electron chi connectivity index (χ2n) is 13.4. The molecule has 0 unspecified atom stereocenters. The smallest absolute Gasteiger partial charge is 0.138 e. The van der Waals surface area contributed by atoms with E-state index < -0.39 is 0 Å². The predicted molar refractivity (Wildman–Crippen MR) is 213 cm³/mol. The van der Waals surface area contributed by atoms with Crippen molar-refractivity contribution in [2.45, 2.75) is 0 Å². The van der Waals surface area contributed by atoms with Crippen LogP contribution in [0.1, 0.15) is 5.56 Å². The first kappa shape index (κ1) is 27.9. The average molecular weight is 646 g/mol. The van der Waals surface area contributed by atoms with E-state index in [1.807, 2.05) is 18.2 Å². The van der Waals surface area contributed by atoms with Crippen LogP contribution in [-0.2, 0) is 0 Å². The fourth-order valence-electron chi connectivity index (χ4n) is 8.65. The molecule has 0 saturated heterocycles. The lowest BCUT2D eigenvalue weighted by Crippen LogP contribution is -1.97. The molecule has 2 heterocycles. The summed E-state index contributed by atoms with van der Waals surface area (Å²) in [6, 6.07) is 60.9. The topological polar surface area (TPSA) is 41.6 Å². The molecular formula is C48H27N3. The van der Waals surface area contributed by atoms with Crippen LogP contribution in [0, 0.1) is 11.3 Å². The van der Waals surface area contributed by atoms with Gasteiger partial charge in [0.25, 0.3) is 0 Å². The fraction of sp³-hybridized carbons (Fsp3) is 0. The monoisotopic (exact) mass is 645 g/mol. The Morgan fingerprint density at radius 2 is 0.961 bits per heavy atom. The quantitative estimate of drug-likeness (QED) is 0.142. The van der Waals surface area contributed by atoms with Crippen LogP contribution in [-0.4, -0.2) is 9.55 Å². The summed E-state index contributed by atoms with van der Waals surface area (Å²) >= 11 is 0. The van der Waals surface area contributed by atoms with E-state index in [0.29, 0.717) is 5.56 Å². The molecule has 0 aliphatic heterocycles. The van der Waals surface area contributed by atoms with E-state index in [4.69, 9.17) is 4.98 Å². The average Bonchev–Trinajstić information content (AvgIpc) is 3.54. The first-order valence-corrected chi connectivity index (χ1v) is 17.3. The molecule has 234 valence electrons. The molecular weight excluding hydrogens is 619 g/mol. The maximum atomic E-state index is 10.2. The number of hydrogen-bond acceptors (Lipinski definition) is 2. The molecule has 0 amide bonds. The van der Waals surface area contributed by atoms with Crippen LogP contribution in [0.4, 0.5) is 0 Å². The third kappa shape index (κ3) is 3.85. The Hall–Kier alpha value is -7.02. The highest BCUT2D eigenvalue weighted by molar-refractivity contribution is 6.31. The van der Waals surface area contributed by atoms with Gasteiger partial charge in [-0.3, -0.25) is 4.57 Å². The van der Waals surface area contributed by atoms with Gasteiger partial charge in [0.15, 0.2) is 0 Å². The Labute approximate surface area is 293 Å². The summed E-state index contributed by atoms with van der Waals surface area (Å²) in [6.07, 6.45) is 0. The number of fused-ring (bicyclic) bond motifs is 4. The molecule has 3 nitrogen and oxygen atoms in total. The molecule has 51 heavy (non-hydrogen) atoms. The van der Waals surface area contributed by atoms with E-state index in [-0.39, 0.29) is 0 Å². The van der Waals surface area contributed by atoms with Gasteiger partial charge in [-0.1, -0.05) is 127 Å². The van der Waals surface area contributed by atoms with Crippen molar-refractivity contribution < 1.29 is 0 Å². The van der Waals surface area contributed by atoms with Gasteiger partial charge in [-0.25, -0.2) is 4.98 Å². The van der Waals surface area contributed by atoms with Crippen LogP contribution in [0.25, 0.3) is 104 Å². The summed E-state index contributed by atoms with van der Waals surface area (Å²) in [5.41, 5.74) is 8.64. The molecule has 11 aromatic rings. The Morgan fingerprint density at radius 3 is 1.67 bits per heavy atom. The Bertz CT molecular complexity index is 3210. The van der Waals surface area contributed by atoms with E-state index in [0.717, 1.165) is 49.3 Å². The molecule has 0 N–H and O–H groups in total. The second-order valence-corrected chi connectivity index (χ2v) is 13.4. The normalized spacial score (nSPS) is 11.9. The zero-order chi connectivity index (χ0) is 33.6. The highest BCUT2D eigenvalue weighted by atomic mass is 15.1. The van der Waals surface area contributed by atoms with Crippen LogP contribution >= 0.6 is 0 Å². The summed E-state index contributed by atoms with van der Waals surface area (Å²) in [7, 11) is 0. The van der Waals surface area contributed by atoms with Crippen molar-refractivity contribution in [3.8, 4) is 34.1 Å². The van der Waals surface area contributed by atoms with Gasteiger partial charge in [0.05, 0.1) is 28.2 Å². The van der Waals surface area contributed by atoms with Crippen LogP contribution in [0.15, 0.2) is 164 Å². The lowest BCUT2D eigenvalue weighted by Gasteiger charge is -2.20. The van der Waals surface area contributed by atoms with Crippen molar-refractivity contribution >= 4 is 75.8 Å². The van der Waals surface area contributed by atoms with Gasteiger partial charge in [0, 0.05) is 21.5 Å². The lowest BCUT2D eigenvalue weighted by molar-refractivity contribution is 1.10. The number of nitrogens with zero attached hydrogens (tertiary/aromatic N) is 3. The van der Waals surface area contributed by atoms with Gasteiger partial charge in [0.1, 0.15) is 5.82 Å². The molecule has 0 fully saturated rings. The molecule has 0 radical (unpaired) electrons. The Balaban J connectivity index is 1.27. The minimum absolute atomic E-state index is 0.677. The Morgan fingerprint density at radius 1 is 0.412 bits per heavy atom. The lowest BCUT2D eigenvalue weighted by atomic mass is 9.83. The number of hydrogen-bond donors (Lipinski definition) is 0. The predicted octanol–water partition coefficient (Wildman–Crippen LogP) is 12.6. The van der Waals surface area contributed by atoms with Gasteiger partial charge in [-0.2, -0.15) is 5.26 Å². The van der Waals surface area contributed by atoms with Crippen LogP contribution in [0.2, 0.25) is 0 Å². The van der Waals surface area contributed by atoms with Crippen molar-refractivity contribution in [1.29, 1.82) is 5.26 Å². The fourth-order valence-corrected chi connectivity index (χ4v) is 8.65. The van der Waals surface area contributed by atoms with Gasteiger partial charge in [-0.05, 0) is 96.4 Å². The van der Waals surface area contributed by atoms with Crippen molar-refractivity contribution in [2.24, 2.45) is 0 Å². The van der Waals surface area contributed by atoms with Crippen molar-refractivity contribution in [2.75, 3.05) is 0 Å². The molecule has 0 saturated carbocycles. The van der Waals surface area contributed by atoms with E-state index in [1.165, 1.54) is 54.6 Å². The molecule has 0 spiro atoms. The summed E-state index contributed by atoms with van der Waals surface area (Å²) in [6.45, 7) is 0. The number of pyridine rings is 1. The van der Waals surface area contributed by atoms with Crippen LogP contribution in [0.5, 0.6) is 0 Å². The molecule has 3 heteroatoms. The number of benzene rings is 9. The second kappa shape index (κ2) is 10.5. The highest BCUT2D eigenvalue weighted by Crippen LogP contribution is 2.49. The maximum absolute atomic E-state index is 10.2. The zero-order valence-corrected chi connectivity index (χ0v) is 27.4. The van der Waals surface area contributed by atoms with Crippen molar-refractivity contribution in [3.63, 3.8) is 0 Å². The minimum Gasteiger partial charge on any atom is -0.294 e. The molecule has 0 atom stereocenters. The number of rotatable bonds is 3. The van der Waals surface area contributed by atoms with E-state index in [1.54, 1.807) is 0 Å². The van der Waals surface area contributed by atoms with Gasteiger partial charge < -0.3 is 0 Å². The zero-order valence-electron chi connectivity index (χ0n) is 27.4. The minimum atomic E-state index is 0.677. The first-order chi connectivity index (χ1) is 25.3. The SMILES string of the molecule is N#Cc1ccc2c3c1ccc1c(-c4c5ccccc5c(-c5cccc6ccccc56)c5ccccc45)ccc(c13)n2-c1ccc2ccccc2n1. The third-order valence-corrected chi connectivity index (χ3v) is 10.8. The van der Waals surface area contributed by atoms with E-state index in [9.17, 15) is 5.26 Å². The summed E-state index contributed by atoms with van der Waals surface area (Å²) in [4.78, 5) is 5.14. The summed E-state index contributed by atoms with van der Waals surface area (Å²) in [5, 5.41) is 23.0.